The van der Waals surface area contributed by atoms with Crippen molar-refractivity contribution in [3.8, 4) is 11.4 Å². The maximum absolute atomic E-state index is 5.17. The molecule has 0 fully saturated rings. The number of hydrogen-bond donors (Lipinski definition) is 0. The fraction of sp³-hybridized carbons (Fsp3) is 0.0667. The van der Waals surface area contributed by atoms with Crippen LogP contribution in [0.2, 0.25) is 0 Å². The van der Waals surface area contributed by atoms with Gasteiger partial charge < -0.3 is 0 Å². The van der Waals surface area contributed by atoms with Crippen molar-refractivity contribution in [2.75, 3.05) is 0 Å². The van der Waals surface area contributed by atoms with E-state index >= 15 is 0 Å². The van der Waals surface area contributed by atoms with E-state index in [4.69, 9.17) is 29.9 Å². The third kappa shape index (κ3) is 5.87. The molecule has 6 nitrogen and oxygen atoms in total. The number of nitrogens with zero attached hydrogens (tertiary/aromatic N) is 6. The van der Waals surface area contributed by atoms with Gasteiger partial charge in [-0.1, -0.05) is 109 Å². The monoisotopic (exact) mass is 750 g/mol. The number of para-hydroxylation sites is 3. The van der Waals surface area contributed by atoms with Gasteiger partial charge in [0.05, 0.1) is 30.6 Å². The summed E-state index contributed by atoms with van der Waals surface area (Å²) in [5.74, 6) is 1.83. The fourth-order valence-corrected chi connectivity index (χ4v) is 10.1. The van der Waals surface area contributed by atoms with Crippen LogP contribution in [0.4, 0.5) is 0 Å². The summed E-state index contributed by atoms with van der Waals surface area (Å²) in [6, 6.07) is 35.0. The average molecular weight is 751 g/mol. The summed E-state index contributed by atoms with van der Waals surface area (Å²) < 4.78 is 3.50. The van der Waals surface area contributed by atoms with Gasteiger partial charge in [0.15, 0.2) is 17.5 Å². The Bertz CT molecular complexity index is 2760. The second-order valence-electron chi connectivity index (χ2n) is 13.1. The first-order valence-electron chi connectivity index (χ1n) is 17.7. The molecule has 0 saturated heterocycles. The molecule has 4 heterocycles. The van der Waals surface area contributed by atoms with Crippen molar-refractivity contribution in [3.05, 3.63) is 184 Å². The first kappa shape index (κ1) is 32.6. The summed E-state index contributed by atoms with van der Waals surface area (Å²) in [5, 5.41) is 3.06. The highest BCUT2D eigenvalue weighted by Crippen LogP contribution is 2.56. The number of aromatic nitrogens is 6. The van der Waals surface area contributed by atoms with Gasteiger partial charge in [0, 0.05) is 16.7 Å². The minimum atomic E-state index is -0.535. The topological polar surface area (TPSA) is 77.3 Å². The summed E-state index contributed by atoms with van der Waals surface area (Å²) in [6.45, 7) is 2.02. The van der Waals surface area contributed by atoms with Gasteiger partial charge in [-0.2, -0.15) is 0 Å². The van der Waals surface area contributed by atoms with Gasteiger partial charge in [-0.05, 0) is 67.0 Å². The highest BCUT2D eigenvalue weighted by molar-refractivity contribution is 7.20. The molecule has 0 saturated carbocycles. The molecule has 0 aliphatic heterocycles. The van der Waals surface area contributed by atoms with Gasteiger partial charge in [0.2, 0.25) is 0 Å². The van der Waals surface area contributed by atoms with Gasteiger partial charge in [-0.15, -0.1) is 34.0 Å². The first-order chi connectivity index (χ1) is 26.6. The molecular formula is C45H30N6S3. The molecular weight excluding hydrogens is 721 g/mol. The molecule has 4 aromatic heterocycles. The zero-order chi connectivity index (χ0) is 36.1. The SMILES string of the molecule is C/C=C\C(=C/C1=CC1(c1nc2ccccc2s1)c1nc2ccccc2s1)c1nc(C2=CC=C(c3nc4ccccc4s3)CC=C2)nc(-c2ccccc2)n1. The molecule has 4 aromatic carbocycles. The van der Waals surface area contributed by atoms with Gasteiger partial charge in [-0.3, -0.25) is 0 Å². The second-order valence-corrected chi connectivity index (χ2v) is 16.2. The smallest absolute Gasteiger partial charge is 0.164 e. The molecule has 2 aliphatic carbocycles. The molecule has 0 bridgehead atoms. The van der Waals surface area contributed by atoms with Gasteiger partial charge >= 0.3 is 0 Å². The van der Waals surface area contributed by atoms with Crippen LogP contribution in [0.1, 0.15) is 40.0 Å². The van der Waals surface area contributed by atoms with Crippen molar-refractivity contribution in [2.24, 2.45) is 0 Å². The van der Waals surface area contributed by atoms with Crippen molar-refractivity contribution in [1.29, 1.82) is 0 Å². The minimum absolute atomic E-state index is 0.535. The van der Waals surface area contributed by atoms with Crippen molar-refractivity contribution < 1.29 is 0 Å². The van der Waals surface area contributed by atoms with Crippen LogP contribution >= 0.6 is 34.0 Å². The van der Waals surface area contributed by atoms with Crippen LogP contribution in [0.5, 0.6) is 0 Å². The summed E-state index contributed by atoms with van der Waals surface area (Å²) in [5.41, 5.74) is 7.49. The van der Waals surface area contributed by atoms with E-state index in [1.165, 1.54) is 4.70 Å². The maximum Gasteiger partial charge on any atom is 0.164 e. The van der Waals surface area contributed by atoms with E-state index in [0.29, 0.717) is 17.5 Å². The molecule has 0 radical (unpaired) electrons. The molecule has 10 rings (SSSR count). The molecule has 2 aliphatic rings. The Hall–Kier alpha value is -6.00. The fourth-order valence-electron chi connectivity index (χ4n) is 6.73. The third-order valence-electron chi connectivity index (χ3n) is 9.52. The van der Waals surface area contributed by atoms with Crippen LogP contribution in [0.15, 0.2) is 157 Å². The van der Waals surface area contributed by atoms with E-state index in [-0.39, 0.29) is 0 Å². The molecule has 9 heteroatoms. The predicted molar refractivity (Wildman–Crippen MR) is 225 cm³/mol. The Morgan fingerprint density at radius 1 is 0.630 bits per heavy atom. The number of fused-ring (bicyclic) bond motifs is 3. The summed E-state index contributed by atoms with van der Waals surface area (Å²) >= 11 is 5.17. The second kappa shape index (κ2) is 13.4. The van der Waals surface area contributed by atoms with Gasteiger partial charge in [0.25, 0.3) is 0 Å². The minimum Gasteiger partial charge on any atom is -0.239 e. The van der Waals surface area contributed by atoms with Gasteiger partial charge in [0.1, 0.15) is 20.4 Å². The molecule has 54 heavy (non-hydrogen) atoms. The van der Waals surface area contributed by atoms with E-state index in [2.05, 4.69) is 97.1 Å². The molecule has 8 aromatic rings. The zero-order valence-corrected chi connectivity index (χ0v) is 31.5. The number of thiazole rings is 3. The number of rotatable bonds is 8. The standard InChI is InChI=1S/C45H30N6S3/c1-2-13-31(26-32-27-45(32,43-47-34-19-7-10-22-37(34)53-43)44-48-35-20-8-11-23-38(35)54-44)41-50-39(28-14-4-3-5-15-28)49-40(51-41)29-16-12-17-30(25-24-29)42-46-33-18-6-9-21-36(33)52-42/h2-16,18-27H,17H2,1H3/b13-2-,31-26+. The summed E-state index contributed by atoms with van der Waals surface area (Å²) in [6.07, 6.45) is 17.9. The Morgan fingerprint density at radius 2 is 1.24 bits per heavy atom. The Morgan fingerprint density at radius 3 is 1.89 bits per heavy atom. The summed E-state index contributed by atoms with van der Waals surface area (Å²) in [4.78, 5) is 30.6. The highest BCUT2D eigenvalue weighted by Gasteiger charge is 2.51. The van der Waals surface area contributed by atoms with Crippen molar-refractivity contribution >= 4 is 81.4 Å². The number of allylic oxidation sites excluding steroid dienone is 12. The quantitative estimate of drug-likeness (QED) is 0.144. The lowest BCUT2D eigenvalue weighted by atomic mass is 10.00. The summed E-state index contributed by atoms with van der Waals surface area (Å²) in [7, 11) is 0. The molecule has 0 spiro atoms. The van der Waals surface area contributed by atoms with Crippen molar-refractivity contribution in [1.82, 2.24) is 29.9 Å². The van der Waals surface area contributed by atoms with Crippen molar-refractivity contribution in [3.63, 3.8) is 0 Å². The van der Waals surface area contributed by atoms with Crippen LogP contribution in [0.3, 0.4) is 0 Å². The Kier molecular flexibility index (Phi) is 8.13. The van der Waals surface area contributed by atoms with E-state index < -0.39 is 5.41 Å². The molecule has 258 valence electrons. The van der Waals surface area contributed by atoms with E-state index in [0.717, 1.165) is 75.2 Å². The number of benzene rings is 4. The van der Waals surface area contributed by atoms with Crippen LogP contribution in [0.25, 0.3) is 58.8 Å². The molecule has 0 amide bonds. The van der Waals surface area contributed by atoms with Crippen LogP contribution < -0.4 is 0 Å². The lowest BCUT2D eigenvalue weighted by molar-refractivity contribution is 0.884. The first-order valence-corrected chi connectivity index (χ1v) is 20.1. The third-order valence-corrected chi connectivity index (χ3v) is 13.0. The van der Waals surface area contributed by atoms with Gasteiger partial charge in [-0.25, -0.2) is 29.9 Å². The predicted octanol–water partition coefficient (Wildman–Crippen LogP) is 11.7. The lowest BCUT2D eigenvalue weighted by Crippen LogP contribution is -2.13. The van der Waals surface area contributed by atoms with E-state index in [9.17, 15) is 0 Å². The molecule has 0 atom stereocenters. The molecule has 0 N–H and O–H groups in total. The van der Waals surface area contributed by atoms with Crippen molar-refractivity contribution in [2.45, 2.75) is 18.8 Å². The van der Waals surface area contributed by atoms with E-state index in [1.807, 2.05) is 61.5 Å². The average Bonchev–Trinajstić information content (AvgIpc) is 3.46. The Balaban J connectivity index is 1.09. The van der Waals surface area contributed by atoms with Crippen LogP contribution in [-0.4, -0.2) is 29.9 Å². The zero-order valence-electron chi connectivity index (χ0n) is 29.0. The lowest BCUT2D eigenvalue weighted by Gasteiger charge is -2.13. The van der Waals surface area contributed by atoms with Crippen LogP contribution in [0, 0.1) is 0 Å². The van der Waals surface area contributed by atoms with Crippen LogP contribution in [-0.2, 0) is 5.41 Å². The Labute approximate surface area is 323 Å². The normalized spacial score (nSPS) is 15.5. The molecule has 0 unspecified atom stereocenters. The van der Waals surface area contributed by atoms with E-state index in [1.54, 1.807) is 34.0 Å². The highest BCUT2D eigenvalue weighted by atomic mass is 32.1. The largest absolute Gasteiger partial charge is 0.239 e. The maximum atomic E-state index is 5.17. The number of hydrogen-bond acceptors (Lipinski definition) is 9.